The van der Waals surface area contributed by atoms with Crippen LogP contribution in [-0.4, -0.2) is 58.2 Å². The monoisotopic (exact) mass is 498 g/mol. The van der Waals surface area contributed by atoms with Gasteiger partial charge in [-0.2, -0.15) is 0 Å². The van der Waals surface area contributed by atoms with Gasteiger partial charge in [-0.1, -0.05) is 12.1 Å². The van der Waals surface area contributed by atoms with E-state index in [0.717, 1.165) is 19.5 Å². The number of nitrogens with one attached hydrogen (secondary N) is 2. The number of carbonyl (C=O) groups is 2. The van der Waals surface area contributed by atoms with Gasteiger partial charge in [0.1, 0.15) is 17.5 Å². The number of aromatic nitrogens is 2. The minimum atomic E-state index is -1.40. The predicted octanol–water partition coefficient (Wildman–Crippen LogP) is 0.871. The number of nitrogens with two attached hydrogens (primary N) is 2. The first kappa shape index (κ1) is 26.3. The van der Waals surface area contributed by atoms with Crippen LogP contribution < -0.4 is 26.8 Å². The van der Waals surface area contributed by atoms with Crippen LogP contribution in [0.15, 0.2) is 48.7 Å². The standard InChI is InChI=1S/C15H14FNO4.C9H13N5O/c1-21-11-7-6-10(18)12(13(11)16)14(19)8-2-4-9(5-3-8)15(17)20;10-9-12-4-2-7(14-9)8(15)13-6-1-3-11-5-6/h2-7,14,18-19H,1H3,(H2,17,20);2,4,6,11H,1,3,5H2,(H,13,15)(H2,10,12,14)/t;6-/m.0/s1. The molecule has 2 aromatic carbocycles. The van der Waals surface area contributed by atoms with Gasteiger partial charge in [0.15, 0.2) is 11.6 Å². The van der Waals surface area contributed by atoms with Crippen LogP contribution in [0.5, 0.6) is 11.5 Å². The smallest absolute Gasteiger partial charge is 0.270 e. The van der Waals surface area contributed by atoms with Crippen LogP contribution in [0.25, 0.3) is 0 Å². The number of nitrogen functional groups attached to an aromatic ring is 1. The molecular weight excluding hydrogens is 471 g/mol. The second-order valence-corrected chi connectivity index (χ2v) is 7.87. The van der Waals surface area contributed by atoms with Gasteiger partial charge in [0.25, 0.3) is 5.91 Å². The Hall–Kier alpha value is -4.29. The van der Waals surface area contributed by atoms with Crippen molar-refractivity contribution in [1.82, 2.24) is 20.6 Å². The molecule has 2 atom stereocenters. The molecule has 4 rings (SSSR count). The van der Waals surface area contributed by atoms with Crippen molar-refractivity contribution in [1.29, 1.82) is 0 Å². The number of aromatic hydroxyl groups is 1. The second kappa shape index (κ2) is 11.9. The van der Waals surface area contributed by atoms with Gasteiger partial charge in [-0.25, -0.2) is 14.4 Å². The molecule has 12 heteroatoms. The molecule has 3 aromatic rings. The number of phenols is 1. The van der Waals surface area contributed by atoms with Crippen molar-refractivity contribution in [2.75, 3.05) is 25.9 Å². The Morgan fingerprint density at radius 2 is 1.94 bits per heavy atom. The number of aliphatic hydroxyl groups is 1. The van der Waals surface area contributed by atoms with Crippen LogP contribution in [0.2, 0.25) is 0 Å². The van der Waals surface area contributed by atoms with Gasteiger partial charge < -0.3 is 37.1 Å². The number of hydrogen-bond acceptors (Lipinski definition) is 9. The molecule has 1 fully saturated rings. The van der Waals surface area contributed by atoms with Crippen molar-refractivity contribution < 1.29 is 28.9 Å². The third-order valence-electron chi connectivity index (χ3n) is 5.43. The van der Waals surface area contributed by atoms with Crippen molar-refractivity contribution in [2.45, 2.75) is 18.6 Å². The number of ether oxygens (including phenoxy) is 1. The summed E-state index contributed by atoms with van der Waals surface area (Å²) in [6.45, 7) is 1.75. The maximum Gasteiger partial charge on any atom is 0.270 e. The molecule has 1 saturated heterocycles. The van der Waals surface area contributed by atoms with E-state index in [1.54, 1.807) is 6.07 Å². The molecule has 1 aromatic heterocycles. The van der Waals surface area contributed by atoms with Gasteiger partial charge >= 0.3 is 0 Å². The molecule has 8 N–H and O–H groups in total. The molecule has 0 bridgehead atoms. The summed E-state index contributed by atoms with van der Waals surface area (Å²) < 4.78 is 19.0. The number of amides is 2. The number of primary amides is 1. The normalized spacial score (nSPS) is 15.4. The lowest BCUT2D eigenvalue weighted by molar-refractivity contribution is 0.0934. The summed E-state index contributed by atoms with van der Waals surface area (Å²) in [6.07, 6.45) is 1.03. The van der Waals surface area contributed by atoms with E-state index < -0.39 is 17.8 Å². The number of methoxy groups -OCH3 is 1. The Bertz CT molecular complexity index is 1220. The Morgan fingerprint density at radius 3 is 2.53 bits per heavy atom. The zero-order valence-corrected chi connectivity index (χ0v) is 19.4. The largest absolute Gasteiger partial charge is 0.507 e. The average molecular weight is 499 g/mol. The minimum absolute atomic E-state index is 0.0874. The highest BCUT2D eigenvalue weighted by Gasteiger charge is 2.23. The zero-order valence-electron chi connectivity index (χ0n) is 19.4. The van der Waals surface area contributed by atoms with E-state index in [1.165, 1.54) is 49.7 Å². The number of anilines is 1. The van der Waals surface area contributed by atoms with E-state index in [-0.39, 0.29) is 40.5 Å². The third kappa shape index (κ3) is 6.43. The number of carbonyl (C=O) groups excluding carboxylic acids is 2. The maximum atomic E-state index is 14.2. The zero-order chi connectivity index (χ0) is 26.2. The average Bonchev–Trinajstić information content (AvgIpc) is 3.37. The van der Waals surface area contributed by atoms with Crippen LogP contribution >= 0.6 is 0 Å². The molecule has 2 amide bonds. The van der Waals surface area contributed by atoms with E-state index in [9.17, 15) is 24.2 Å². The van der Waals surface area contributed by atoms with Crippen molar-refractivity contribution in [3.63, 3.8) is 0 Å². The molecule has 11 nitrogen and oxygen atoms in total. The predicted molar refractivity (Wildman–Crippen MR) is 129 cm³/mol. The quantitative estimate of drug-likeness (QED) is 0.287. The Labute approximate surface area is 206 Å². The van der Waals surface area contributed by atoms with Gasteiger partial charge in [0.05, 0.1) is 12.7 Å². The summed E-state index contributed by atoms with van der Waals surface area (Å²) in [5, 5.41) is 26.0. The second-order valence-electron chi connectivity index (χ2n) is 7.87. The summed E-state index contributed by atoms with van der Waals surface area (Å²) in [5.41, 5.74) is 11.1. The summed E-state index contributed by atoms with van der Waals surface area (Å²) in [6, 6.07) is 9.93. The van der Waals surface area contributed by atoms with E-state index in [2.05, 4.69) is 20.6 Å². The number of benzene rings is 2. The summed E-state index contributed by atoms with van der Waals surface area (Å²) in [5.74, 6) is -2.00. The Balaban J connectivity index is 0.000000212. The van der Waals surface area contributed by atoms with E-state index in [4.69, 9.17) is 16.2 Å². The molecule has 1 unspecified atom stereocenters. The molecular formula is C24H27FN6O5. The van der Waals surface area contributed by atoms with Gasteiger partial charge in [-0.05, 0) is 48.9 Å². The maximum absolute atomic E-state index is 14.2. The molecule has 0 saturated carbocycles. The number of nitrogens with zero attached hydrogens (tertiary/aromatic N) is 2. The van der Waals surface area contributed by atoms with Crippen LogP contribution in [0.3, 0.4) is 0 Å². The third-order valence-corrected chi connectivity index (χ3v) is 5.43. The number of rotatable bonds is 6. The first-order valence-corrected chi connectivity index (χ1v) is 10.9. The molecule has 2 heterocycles. The number of hydrogen-bond donors (Lipinski definition) is 6. The number of halogens is 1. The van der Waals surface area contributed by atoms with Crippen molar-refractivity contribution >= 4 is 17.8 Å². The molecule has 1 aliphatic rings. The van der Waals surface area contributed by atoms with Crippen molar-refractivity contribution in [2.24, 2.45) is 5.73 Å². The fourth-order valence-electron chi connectivity index (χ4n) is 3.51. The Morgan fingerprint density at radius 1 is 1.22 bits per heavy atom. The highest BCUT2D eigenvalue weighted by molar-refractivity contribution is 5.93. The highest BCUT2D eigenvalue weighted by Crippen LogP contribution is 2.35. The molecule has 1 aliphatic heterocycles. The van der Waals surface area contributed by atoms with Gasteiger partial charge in [0.2, 0.25) is 11.9 Å². The SMILES string of the molecule is COc1ccc(O)c(C(O)c2ccc(C(N)=O)cc2)c1F.Nc1nccc(C(=O)N[C@H]2CCNC2)n1. The van der Waals surface area contributed by atoms with Crippen molar-refractivity contribution in [3.05, 3.63) is 76.9 Å². The number of phenolic OH excluding ortho intramolecular Hbond substituents is 1. The van der Waals surface area contributed by atoms with E-state index in [1.807, 2.05) is 0 Å². The van der Waals surface area contributed by atoms with Gasteiger partial charge in [-0.15, -0.1) is 0 Å². The van der Waals surface area contributed by atoms with Crippen LogP contribution in [0.4, 0.5) is 10.3 Å². The van der Waals surface area contributed by atoms with Crippen LogP contribution in [0.1, 0.15) is 44.5 Å². The summed E-state index contributed by atoms with van der Waals surface area (Å²) in [4.78, 5) is 30.2. The lowest BCUT2D eigenvalue weighted by atomic mass is 9.98. The molecule has 0 spiro atoms. The van der Waals surface area contributed by atoms with E-state index in [0.29, 0.717) is 11.3 Å². The van der Waals surface area contributed by atoms with Crippen molar-refractivity contribution in [3.8, 4) is 11.5 Å². The van der Waals surface area contributed by atoms with E-state index >= 15 is 0 Å². The molecule has 190 valence electrons. The summed E-state index contributed by atoms with van der Waals surface area (Å²) in [7, 11) is 1.28. The van der Waals surface area contributed by atoms with Crippen LogP contribution in [-0.2, 0) is 0 Å². The highest BCUT2D eigenvalue weighted by atomic mass is 19.1. The molecule has 0 aliphatic carbocycles. The molecule has 0 radical (unpaired) electrons. The van der Waals surface area contributed by atoms with Crippen LogP contribution in [0, 0.1) is 5.82 Å². The lowest BCUT2D eigenvalue weighted by Crippen LogP contribution is -2.36. The fraction of sp³-hybridized carbons (Fsp3) is 0.250. The van der Waals surface area contributed by atoms with Gasteiger partial charge in [0, 0.05) is 24.3 Å². The summed E-state index contributed by atoms with van der Waals surface area (Å²) >= 11 is 0. The first-order valence-electron chi connectivity index (χ1n) is 10.9. The lowest BCUT2D eigenvalue weighted by Gasteiger charge is -2.16. The van der Waals surface area contributed by atoms with Gasteiger partial charge in [-0.3, -0.25) is 9.59 Å². The number of aliphatic hydroxyl groups excluding tert-OH is 1. The molecule has 36 heavy (non-hydrogen) atoms. The topological polar surface area (TPSA) is 186 Å². The Kier molecular flexibility index (Phi) is 8.71. The first-order chi connectivity index (χ1) is 17.2. The fourth-order valence-corrected chi connectivity index (χ4v) is 3.51. The minimum Gasteiger partial charge on any atom is -0.507 e.